The summed E-state index contributed by atoms with van der Waals surface area (Å²) < 4.78 is 72.8. The average Bonchev–Trinajstić information content (AvgIpc) is 3.02. The smallest absolute Gasteiger partial charge is 0.406 e. The molecule has 0 radical (unpaired) electrons. The van der Waals surface area contributed by atoms with Gasteiger partial charge < -0.3 is 13.7 Å². The molecule has 0 saturated carbocycles. The third-order valence-corrected chi connectivity index (χ3v) is 13.7. The first-order valence-corrected chi connectivity index (χ1v) is 16.8. The highest BCUT2D eigenvalue weighted by molar-refractivity contribution is 7.88. The van der Waals surface area contributed by atoms with Crippen LogP contribution < -0.4 is 14.6 Å². The Hall–Kier alpha value is -2.70. The molecule has 2 atom stereocenters. The zero-order valence-electron chi connectivity index (χ0n) is 23.6. The standard InChI is InChI=1S/C30H36F3NO5SSi/c1-22-27-16-15-24(39-40(36,37)30(31,32)33)21-23(27)17-18-34(28(22)35)19-20-38-41(29(2,3)4,25-11-7-5-8-12-25)26-13-9-6-10-14-26/h5-16,21-22,28,35H,17-20H2,1-4H3. The highest BCUT2D eigenvalue weighted by atomic mass is 32.2. The minimum Gasteiger partial charge on any atom is -0.406 e. The van der Waals surface area contributed by atoms with Gasteiger partial charge in [-0.15, -0.1) is 0 Å². The van der Waals surface area contributed by atoms with E-state index in [4.69, 9.17) is 4.43 Å². The lowest BCUT2D eigenvalue weighted by Gasteiger charge is -2.43. The summed E-state index contributed by atoms with van der Waals surface area (Å²) in [5, 5.41) is 13.4. The quantitative estimate of drug-likeness (QED) is 0.226. The molecule has 0 spiro atoms. The summed E-state index contributed by atoms with van der Waals surface area (Å²) in [6.45, 7) is 9.59. The van der Waals surface area contributed by atoms with Gasteiger partial charge in [-0.1, -0.05) is 94.4 Å². The Morgan fingerprint density at radius 2 is 1.51 bits per heavy atom. The van der Waals surface area contributed by atoms with Gasteiger partial charge in [-0.2, -0.15) is 21.6 Å². The first-order valence-electron chi connectivity index (χ1n) is 13.5. The highest BCUT2D eigenvalue weighted by Crippen LogP contribution is 2.37. The SMILES string of the molecule is CC1c2ccc(OS(=O)(=O)C(F)(F)F)cc2CCN(CCO[Si](c2ccccc2)(c2ccccc2)C(C)(C)C)C1O. The van der Waals surface area contributed by atoms with E-state index in [1.54, 1.807) is 0 Å². The van der Waals surface area contributed by atoms with Crippen LogP contribution in [0.25, 0.3) is 0 Å². The van der Waals surface area contributed by atoms with Crippen LogP contribution in [0.15, 0.2) is 78.9 Å². The van der Waals surface area contributed by atoms with E-state index < -0.39 is 35.9 Å². The Bertz CT molecular complexity index is 1390. The van der Waals surface area contributed by atoms with Gasteiger partial charge in [0.2, 0.25) is 0 Å². The lowest BCUT2D eigenvalue weighted by Crippen LogP contribution is -2.67. The van der Waals surface area contributed by atoms with Gasteiger partial charge in [-0.05, 0) is 45.1 Å². The molecule has 3 aromatic carbocycles. The fourth-order valence-electron chi connectivity index (χ4n) is 5.66. The lowest BCUT2D eigenvalue weighted by molar-refractivity contribution is -0.0500. The largest absolute Gasteiger partial charge is 0.534 e. The number of alkyl halides is 3. The van der Waals surface area contributed by atoms with Crippen LogP contribution in [-0.2, 0) is 21.0 Å². The van der Waals surface area contributed by atoms with Gasteiger partial charge >= 0.3 is 15.6 Å². The van der Waals surface area contributed by atoms with Crippen molar-refractivity contribution in [2.45, 2.75) is 56.8 Å². The maximum Gasteiger partial charge on any atom is 0.534 e. The fourth-order valence-corrected chi connectivity index (χ4v) is 10.7. The van der Waals surface area contributed by atoms with Crippen LogP contribution in [0.1, 0.15) is 44.7 Å². The monoisotopic (exact) mass is 607 g/mol. The van der Waals surface area contributed by atoms with E-state index in [2.05, 4.69) is 49.2 Å². The molecule has 1 aliphatic heterocycles. The second kappa shape index (κ2) is 11.9. The molecule has 1 N–H and O–H groups in total. The fraction of sp³-hybridized carbons (Fsp3) is 0.400. The van der Waals surface area contributed by atoms with E-state index in [0.717, 1.165) is 15.9 Å². The number of aliphatic hydroxyl groups is 1. The van der Waals surface area contributed by atoms with E-state index >= 15 is 0 Å². The second-order valence-electron chi connectivity index (χ2n) is 11.3. The number of fused-ring (bicyclic) bond motifs is 1. The molecule has 4 rings (SSSR count). The van der Waals surface area contributed by atoms with Crippen LogP contribution in [0.4, 0.5) is 13.2 Å². The van der Waals surface area contributed by atoms with Gasteiger partial charge in [0.1, 0.15) is 12.0 Å². The molecule has 0 aromatic heterocycles. The van der Waals surface area contributed by atoms with Crippen molar-refractivity contribution in [3.63, 3.8) is 0 Å². The third kappa shape index (κ3) is 6.39. The van der Waals surface area contributed by atoms with Crippen molar-refractivity contribution in [2.24, 2.45) is 0 Å². The van der Waals surface area contributed by atoms with Crippen molar-refractivity contribution in [3.8, 4) is 5.75 Å². The number of halogens is 3. The summed E-state index contributed by atoms with van der Waals surface area (Å²) in [6, 6.07) is 24.5. The maximum absolute atomic E-state index is 12.8. The maximum atomic E-state index is 12.8. The van der Waals surface area contributed by atoms with Crippen LogP contribution in [0.3, 0.4) is 0 Å². The minimum atomic E-state index is -5.78. The summed E-state index contributed by atoms with van der Waals surface area (Å²) in [5.41, 5.74) is -4.17. The molecule has 0 bridgehead atoms. The first-order chi connectivity index (χ1) is 19.2. The van der Waals surface area contributed by atoms with Gasteiger partial charge in [-0.25, -0.2) is 0 Å². The van der Waals surface area contributed by atoms with Gasteiger partial charge in [0, 0.05) is 25.6 Å². The van der Waals surface area contributed by atoms with E-state index in [1.165, 1.54) is 18.2 Å². The third-order valence-electron chi connectivity index (χ3n) is 7.70. The molecule has 6 nitrogen and oxygen atoms in total. The average molecular weight is 608 g/mol. The van der Waals surface area contributed by atoms with Gasteiger partial charge in [0.25, 0.3) is 8.32 Å². The Kier molecular flexibility index (Phi) is 9.06. The molecule has 222 valence electrons. The Morgan fingerprint density at radius 1 is 0.951 bits per heavy atom. The van der Waals surface area contributed by atoms with Crippen molar-refractivity contribution in [3.05, 3.63) is 90.0 Å². The molecule has 0 aliphatic carbocycles. The topological polar surface area (TPSA) is 76.1 Å². The number of rotatable bonds is 8. The van der Waals surface area contributed by atoms with Crippen molar-refractivity contribution < 1.29 is 35.3 Å². The number of nitrogens with zero attached hydrogens (tertiary/aromatic N) is 1. The van der Waals surface area contributed by atoms with Crippen molar-refractivity contribution in [1.82, 2.24) is 4.90 Å². The van der Waals surface area contributed by atoms with Crippen molar-refractivity contribution in [2.75, 3.05) is 19.7 Å². The van der Waals surface area contributed by atoms with Gasteiger partial charge in [0.15, 0.2) is 0 Å². The summed E-state index contributed by atoms with van der Waals surface area (Å²) in [6.07, 6.45) is -0.483. The number of aliphatic hydroxyl groups excluding tert-OH is 1. The van der Waals surface area contributed by atoms with Crippen LogP contribution in [0.5, 0.6) is 5.75 Å². The van der Waals surface area contributed by atoms with E-state index in [0.29, 0.717) is 31.7 Å². The normalized spacial score (nSPS) is 18.9. The molecule has 1 aliphatic rings. The predicted octanol–water partition coefficient (Wildman–Crippen LogP) is 4.77. The summed E-state index contributed by atoms with van der Waals surface area (Å²) in [7, 11) is -8.55. The van der Waals surface area contributed by atoms with Crippen LogP contribution >= 0.6 is 0 Å². The number of hydrogen-bond donors (Lipinski definition) is 1. The van der Waals surface area contributed by atoms with E-state index in [9.17, 15) is 26.7 Å². The molecular weight excluding hydrogens is 571 g/mol. The van der Waals surface area contributed by atoms with Crippen molar-refractivity contribution in [1.29, 1.82) is 0 Å². The molecule has 1 heterocycles. The summed E-state index contributed by atoms with van der Waals surface area (Å²) >= 11 is 0. The van der Waals surface area contributed by atoms with E-state index in [-0.39, 0.29) is 11.0 Å². The molecule has 3 aromatic rings. The van der Waals surface area contributed by atoms with Gasteiger partial charge in [0.05, 0.1) is 0 Å². The Morgan fingerprint density at radius 3 is 2.02 bits per heavy atom. The van der Waals surface area contributed by atoms with Crippen molar-refractivity contribution >= 4 is 28.8 Å². The second-order valence-corrected chi connectivity index (χ2v) is 17.2. The molecule has 0 amide bonds. The molecule has 0 saturated heterocycles. The summed E-state index contributed by atoms with van der Waals surface area (Å²) in [5.74, 6) is -0.792. The zero-order valence-corrected chi connectivity index (χ0v) is 25.4. The summed E-state index contributed by atoms with van der Waals surface area (Å²) in [4.78, 5) is 1.90. The molecule has 11 heteroatoms. The zero-order chi connectivity index (χ0) is 30.1. The first kappa shape index (κ1) is 31.2. The van der Waals surface area contributed by atoms with Gasteiger partial charge in [-0.3, -0.25) is 4.90 Å². The van der Waals surface area contributed by atoms with Crippen LogP contribution in [0, 0.1) is 0 Å². The predicted molar refractivity (Wildman–Crippen MR) is 155 cm³/mol. The van der Waals surface area contributed by atoms with Crippen LogP contribution in [0.2, 0.25) is 5.04 Å². The number of hydrogen-bond acceptors (Lipinski definition) is 6. The lowest BCUT2D eigenvalue weighted by atomic mass is 9.94. The molecule has 41 heavy (non-hydrogen) atoms. The Labute approximate surface area is 241 Å². The van der Waals surface area contributed by atoms with E-state index in [1.807, 2.05) is 48.2 Å². The molecule has 2 unspecified atom stereocenters. The minimum absolute atomic E-state index is 0.205. The van der Waals surface area contributed by atoms with Crippen LogP contribution in [-0.4, -0.2) is 58.2 Å². The molecular formula is C30H36F3NO5SSi. The molecule has 0 fully saturated rings. The Balaban J connectivity index is 1.55. The number of benzene rings is 3. The highest BCUT2D eigenvalue weighted by Gasteiger charge is 2.50.